The van der Waals surface area contributed by atoms with Gasteiger partial charge in [0.1, 0.15) is 0 Å². The Balaban J connectivity index is 1.73. The summed E-state index contributed by atoms with van der Waals surface area (Å²) in [5.74, 6) is 1.24. The van der Waals surface area contributed by atoms with Crippen LogP contribution in [0, 0.1) is 11.8 Å². The van der Waals surface area contributed by atoms with E-state index in [-0.39, 0.29) is 17.3 Å². The van der Waals surface area contributed by atoms with Gasteiger partial charge in [-0.3, -0.25) is 4.90 Å². The van der Waals surface area contributed by atoms with Crippen molar-refractivity contribution in [1.29, 1.82) is 0 Å². The van der Waals surface area contributed by atoms with Gasteiger partial charge in [0.25, 0.3) is 0 Å². The van der Waals surface area contributed by atoms with Crippen molar-refractivity contribution in [3.63, 3.8) is 0 Å². The molecule has 2 aliphatic heterocycles. The van der Waals surface area contributed by atoms with E-state index in [0.717, 1.165) is 31.8 Å². The second kappa shape index (κ2) is 3.94. The fourth-order valence-corrected chi connectivity index (χ4v) is 4.63. The lowest BCUT2D eigenvalue weighted by Crippen LogP contribution is -2.46. The van der Waals surface area contributed by atoms with Gasteiger partial charge in [-0.05, 0) is 52.9 Å². The van der Waals surface area contributed by atoms with Crippen LogP contribution in [-0.2, 0) is 4.74 Å². The summed E-state index contributed by atoms with van der Waals surface area (Å²) in [6.07, 6.45) is 3.27. The molecular weight excluding hydrogens is 226 g/mol. The van der Waals surface area contributed by atoms with Crippen LogP contribution < -0.4 is 0 Å². The van der Waals surface area contributed by atoms with Gasteiger partial charge >= 0.3 is 0 Å². The Hall–Kier alpha value is -0.120. The number of ether oxygens (including phenoxy) is 1. The number of hydrogen-bond donors (Lipinski definition) is 1. The number of aliphatic hydroxyl groups is 1. The molecule has 3 heteroatoms. The first-order valence-electron chi connectivity index (χ1n) is 7.41. The van der Waals surface area contributed by atoms with Gasteiger partial charge in [-0.2, -0.15) is 0 Å². The molecule has 0 bridgehead atoms. The highest BCUT2D eigenvalue weighted by Crippen LogP contribution is 2.45. The van der Waals surface area contributed by atoms with E-state index in [1.54, 1.807) is 0 Å². The SMILES string of the molecule is CC1(C)CC(N2CC3CCC(O)C3C2)C(C)(C)O1. The molecule has 0 aromatic rings. The van der Waals surface area contributed by atoms with Crippen LogP contribution in [0.3, 0.4) is 0 Å². The maximum atomic E-state index is 10.0. The van der Waals surface area contributed by atoms with E-state index in [9.17, 15) is 5.11 Å². The molecule has 4 atom stereocenters. The number of fused-ring (bicyclic) bond motifs is 1. The Kier molecular flexibility index (Phi) is 2.82. The molecule has 3 nitrogen and oxygen atoms in total. The van der Waals surface area contributed by atoms with Gasteiger partial charge in [-0.15, -0.1) is 0 Å². The average molecular weight is 253 g/mol. The summed E-state index contributed by atoms with van der Waals surface area (Å²) < 4.78 is 6.21. The second-order valence-corrected chi connectivity index (χ2v) is 7.71. The van der Waals surface area contributed by atoms with E-state index in [2.05, 4.69) is 32.6 Å². The molecule has 0 amide bonds. The molecule has 2 heterocycles. The lowest BCUT2D eigenvalue weighted by Gasteiger charge is -2.34. The molecule has 3 aliphatic rings. The Bertz CT molecular complexity index is 339. The van der Waals surface area contributed by atoms with E-state index in [4.69, 9.17) is 4.74 Å². The zero-order chi connectivity index (χ0) is 13.1. The Labute approximate surface area is 110 Å². The van der Waals surface area contributed by atoms with Gasteiger partial charge < -0.3 is 9.84 Å². The van der Waals surface area contributed by atoms with Crippen LogP contribution >= 0.6 is 0 Å². The van der Waals surface area contributed by atoms with Gasteiger partial charge in [0.05, 0.1) is 17.3 Å². The minimum Gasteiger partial charge on any atom is -0.393 e. The van der Waals surface area contributed by atoms with Crippen molar-refractivity contribution >= 4 is 0 Å². The van der Waals surface area contributed by atoms with Gasteiger partial charge in [0, 0.05) is 25.0 Å². The molecule has 1 N–H and O–H groups in total. The summed E-state index contributed by atoms with van der Waals surface area (Å²) in [4.78, 5) is 2.59. The first-order chi connectivity index (χ1) is 8.28. The Morgan fingerprint density at radius 1 is 1.11 bits per heavy atom. The van der Waals surface area contributed by atoms with Crippen LogP contribution in [0.1, 0.15) is 47.0 Å². The lowest BCUT2D eigenvalue weighted by molar-refractivity contribution is -0.0796. The quantitative estimate of drug-likeness (QED) is 0.776. The van der Waals surface area contributed by atoms with Gasteiger partial charge in [0.15, 0.2) is 0 Å². The zero-order valence-corrected chi connectivity index (χ0v) is 12.1. The molecular formula is C15H27NO2. The van der Waals surface area contributed by atoms with E-state index in [1.807, 2.05) is 0 Å². The molecule has 0 aromatic heterocycles. The topological polar surface area (TPSA) is 32.7 Å². The first kappa shape index (κ1) is 12.9. The first-order valence-corrected chi connectivity index (χ1v) is 7.41. The fraction of sp³-hybridized carbons (Fsp3) is 1.00. The summed E-state index contributed by atoms with van der Waals surface area (Å²) in [7, 11) is 0. The minimum atomic E-state index is -0.0624. The average Bonchev–Trinajstić information content (AvgIpc) is 2.81. The molecule has 4 unspecified atom stereocenters. The van der Waals surface area contributed by atoms with Crippen LogP contribution in [0.25, 0.3) is 0 Å². The van der Waals surface area contributed by atoms with Crippen molar-refractivity contribution < 1.29 is 9.84 Å². The highest BCUT2D eigenvalue weighted by molar-refractivity contribution is 5.04. The molecule has 2 saturated heterocycles. The standard InChI is InChI=1S/C15H27NO2/c1-14(2)7-13(15(3,4)18-14)16-8-10-5-6-12(17)11(10)9-16/h10-13,17H,5-9H2,1-4H3. The lowest BCUT2D eigenvalue weighted by atomic mass is 9.93. The van der Waals surface area contributed by atoms with Crippen molar-refractivity contribution in [2.45, 2.75) is 70.3 Å². The van der Waals surface area contributed by atoms with Crippen molar-refractivity contribution in [3.05, 3.63) is 0 Å². The Morgan fingerprint density at radius 3 is 2.39 bits per heavy atom. The number of hydrogen-bond acceptors (Lipinski definition) is 3. The van der Waals surface area contributed by atoms with Gasteiger partial charge in [-0.25, -0.2) is 0 Å². The van der Waals surface area contributed by atoms with E-state index < -0.39 is 0 Å². The van der Waals surface area contributed by atoms with Crippen LogP contribution in [0.2, 0.25) is 0 Å². The molecule has 104 valence electrons. The van der Waals surface area contributed by atoms with Crippen molar-refractivity contribution in [2.75, 3.05) is 13.1 Å². The number of aliphatic hydroxyl groups excluding tert-OH is 1. The predicted molar refractivity (Wildman–Crippen MR) is 71.4 cm³/mol. The largest absolute Gasteiger partial charge is 0.393 e. The summed E-state index contributed by atoms with van der Waals surface area (Å²) in [5.41, 5.74) is -0.0719. The summed E-state index contributed by atoms with van der Waals surface area (Å²) in [6, 6.07) is 0.505. The smallest absolute Gasteiger partial charge is 0.0789 e. The van der Waals surface area contributed by atoms with E-state index >= 15 is 0 Å². The van der Waals surface area contributed by atoms with Crippen LogP contribution in [-0.4, -0.2) is 46.4 Å². The maximum absolute atomic E-state index is 10.0. The molecule has 0 spiro atoms. The van der Waals surface area contributed by atoms with Gasteiger partial charge in [0.2, 0.25) is 0 Å². The van der Waals surface area contributed by atoms with Crippen LogP contribution in [0.5, 0.6) is 0 Å². The summed E-state index contributed by atoms with van der Waals surface area (Å²) in [6.45, 7) is 11.1. The minimum absolute atomic E-state index is 0.00944. The highest BCUT2D eigenvalue weighted by Gasteiger charge is 2.52. The Morgan fingerprint density at radius 2 is 1.83 bits per heavy atom. The van der Waals surface area contributed by atoms with Crippen LogP contribution in [0.4, 0.5) is 0 Å². The zero-order valence-electron chi connectivity index (χ0n) is 12.1. The maximum Gasteiger partial charge on any atom is 0.0789 e. The normalized spacial score (nSPS) is 46.5. The third-order valence-corrected chi connectivity index (χ3v) is 5.31. The summed E-state index contributed by atoms with van der Waals surface area (Å²) >= 11 is 0. The number of nitrogens with zero attached hydrogens (tertiary/aromatic N) is 1. The van der Waals surface area contributed by atoms with Crippen molar-refractivity contribution in [1.82, 2.24) is 4.90 Å². The highest BCUT2D eigenvalue weighted by atomic mass is 16.5. The van der Waals surface area contributed by atoms with Crippen molar-refractivity contribution in [3.8, 4) is 0 Å². The number of rotatable bonds is 1. The van der Waals surface area contributed by atoms with Crippen LogP contribution in [0.15, 0.2) is 0 Å². The van der Waals surface area contributed by atoms with E-state index in [1.165, 1.54) is 6.42 Å². The molecule has 0 radical (unpaired) electrons. The fourth-order valence-electron chi connectivity index (χ4n) is 4.63. The van der Waals surface area contributed by atoms with Gasteiger partial charge in [-0.1, -0.05) is 0 Å². The molecule has 18 heavy (non-hydrogen) atoms. The molecule has 1 saturated carbocycles. The molecule has 0 aromatic carbocycles. The predicted octanol–water partition coefficient (Wildman–Crippen LogP) is 2.04. The molecule has 1 aliphatic carbocycles. The van der Waals surface area contributed by atoms with E-state index in [0.29, 0.717) is 12.0 Å². The monoisotopic (exact) mass is 253 g/mol. The third-order valence-electron chi connectivity index (χ3n) is 5.31. The summed E-state index contributed by atoms with van der Waals surface area (Å²) in [5, 5.41) is 10.0. The third kappa shape index (κ3) is 2.00. The molecule has 3 rings (SSSR count). The molecule has 3 fully saturated rings. The van der Waals surface area contributed by atoms with Crippen molar-refractivity contribution in [2.24, 2.45) is 11.8 Å². The second-order valence-electron chi connectivity index (χ2n) is 7.71. The number of likely N-dealkylation sites (tertiary alicyclic amines) is 1.